The van der Waals surface area contributed by atoms with Crippen LogP contribution in [0.1, 0.15) is 25.5 Å². The van der Waals surface area contributed by atoms with E-state index in [-0.39, 0.29) is 12.2 Å². The lowest BCUT2D eigenvalue weighted by Gasteiger charge is -2.24. The maximum absolute atomic E-state index is 6.18. The van der Waals surface area contributed by atoms with Gasteiger partial charge < -0.3 is 19.9 Å². The summed E-state index contributed by atoms with van der Waals surface area (Å²) in [5.74, 6) is 1.27. The molecule has 1 aliphatic rings. The Morgan fingerprint density at radius 2 is 2.06 bits per heavy atom. The predicted molar refractivity (Wildman–Crippen MR) is 70.5 cm³/mol. The summed E-state index contributed by atoms with van der Waals surface area (Å²) in [5, 5.41) is 0.535. The van der Waals surface area contributed by atoms with Gasteiger partial charge in [-0.15, -0.1) is 0 Å². The quantitative estimate of drug-likeness (QED) is 0.914. The third kappa shape index (κ3) is 2.88. The van der Waals surface area contributed by atoms with Gasteiger partial charge in [0.05, 0.1) is 17.2 Å². The zero-order chi connectivity index (χ0) is 13.1. The molecule has 0 fully saturated rings. The van der Waals surface area contributed by atoms with Crippen LogP contribution in [0, 0.1) is 0 Å². The predicted octanol–water partition coefficient (Wildman–Crippen LogP) is 2.54. The van der Waals surface area contributed by atoms with Crippen LogP contribution in [0.15, 0.2) is 12.1 Å². The molecule has 0 saturated heterocycles. The Bertz CT molecular complexity index is 423. The third-order valence-corrected chi connectivity index (χ3v) is 2.92. The van der Waals surface area contributed by atoms with Crippen LogP contribution in [0.3, 0.4) is 0 Å². The topological polar surface area (TPSA) is 53.7 Å². The number of hydrogen-bond donors (Lipinski definition) is 1. The lowest BCUT2D eigenvalue weighted by Crippen LogP contribution is -2.20. The Morgan fingerprint density at radius 1 is 1.33 bits per heavy atom. The average Bonchev–Trinajstić information content (AvgIpc) is 2.35. The van der Waals surface area contributed by atoms with E-state index in [9.17, 15) is 0 Å². The van der Waals surface area contributed by atoms with E-state index in [2.05, 4.69) is 0 Å². The molecule has 0 amide bonds. The normalized spacial score (nSPS) is 15.8. The highest BCUT2D eigenvalue weighted by Crippen LogP contribution is 2.40. The lowest BCUT2D eigenvalue weighted by atomic mass is 10.1. The van der Waals surface area contributed by atoms with Crippen LogP contribution in [-0.4, -0.2) is 25.9 Å². The van der Waals surface area contributed by atoms with E-state index in [4.69, 9.17) is 31.5 Å². The van der Waals surface area contributed by atoms with Crippen LogP contribution in [0.25, 0.3) is 0 Å². The Hall–Kier alpha value is -0.970. The molecule has 0 radical (unpaired) electrons. The van der Waals surface area contributed by atoms with E-state index >= 15 is 0 Å². The average molecular weight is 272 g/mol. The molecular weight excluding hydrogens is 254 g/mol. The van der Waals surface area contributed by atoms with E-state index < -0.39 is 0 Å². The fraction of sp³-hybridized carbons (Fsp3) is 0.538. The SMILES string of the molecule is CC(C)OC(CN)c1cc(Cl)c2c(c1)OCCO2. The van der Waals surface area contributed by atoms with Crippen LogP contribution in [-0.2, 0) is 4.74 Å². The fourth-order valence-electron chi connectivity index (χ4n) is 1.92. The van der Waals surface area contributed by atoms with Gasteiger partial charge in [0, 0.05) is 6.54 Å². The van der Waals surface area contributed by atoms with Gasteiger partial charge in [-0.05, 0) is 31.5 Å². The number of rotatable bonds is 4. The largest absolute Gasteiger partial charge is 0.486 e. The Kier molecular flexibility index (Phi) is 4.32. The van der Waals surface area contributed by atoms with Crippen molar-refractivity contribution in [2.45, 2.75) is 26.1 Å². The van der Waals surface area contributed by atoms with Gasteiger partial charge in [-0.2, -0.15) is 0 Å². The number of fused-ring (bicyclic) bond motifs is 1. The maximum atomic E-state index is 6.18. The minimum atomic E-state index is -0.182. The molecule has 0 aromatic heterocycles. The lowest BCUT2D eigenvalue weighted by molar-refractivity contribution is 0.0117. The highest BCUT2D eigenvalue weighted by molar-refractivity contribution is 6.32. The first-order valence-electron chi connectivity index (χ1n) is 6.06. The molecule has 0 bridgehead atoms. The molecule has 4 nitrogen and oxygen atoms in total. The van der Waals surface area contributed by atoms with Gasteiger partial charge in [-0.3, -0.25) is 0 Å². The van der Waals surface area contributed by atoms with E-state index in [1.54, 1.807) is 0 Å². The van der Waals surface area contributed by atoms with Gasteiger partial charge in [-0.1, -0.05) is 11.6 Å². The molecule has 18 heavy (non-hydrogen) atoms. The van der Waals surface area contributed by atoms with Crippen LogP contribution < -0.4 is 15.2 Å². The Balaban J connectivity index is 2.30. The minimum absolute atomic E-state index is 0.102. The summed E-state index contributed by atoms with van der Waals surface area (Å²) in [6, 6.07) is 3.72. The zero-order valence-electron chi connectivity index (χ0n) is 10.6. The number of nitrogens with two attached hydrogens (primary N) is 1. The molecule has 100 valence electrons. The van der Waals surface area contributed by atoms with Crippen molar-refractivity contribution < 1.29 is 14.2 Å². The smallest absolute Gasteiger partial charge is 0.179 e. The molecule has 1 unspecified atom stereocenters. The van der Waals surface area contributed by atoms with Gasteiger partial charge in [0.15, 0.2) is 11.5 Å². The second kappa shape index (κ2) is 5.78. The molecule has 1 atom stereocenters. The van der Waals surface area contributed by atoms with Crippen molar-refractivity contribution in [3.63, 3.8) is 0 Å². The molecule has 1 heterocycles. The molecule has 0 saturated carbocycles. The Morgan fingerprint density at radius 3 is 2.72 bits per heavy atom. The van der Waals surface area contributed by atoms with Crippen molar-refractivity contribution in [3.05, 3.63) is 22.7 Å². The standard InChI is InChI=1S/C13H18ClNO3/c1-8(2)18-12(7-15)9-5-10(14)13-11(6-9)16-3-4-17-13/h5-6,8,12H,3-4,7,15H2,1-2H3. The molecule has 1 aliphatic heterocycles. The van der Waals surface area contributed by atoms with Gasteiger partial charge in [0.25, 0.3) is 0 Å². The highest BCUT2D eigenvalue weighted by atomic mass is 35.5. The zero-order valence-corrected chi connectivity index (χ0v) is 11.4. The summed E-state index contributed by atoms with van der Waals surface area (Å²) < 4.78 is 16.8. The van der Waals surface area contributed by atoms with Gasteiger partial charge in [-0.25, -0.2) is 0 Å². The van der Waals surface area contributed by atoms with Gasteiger partial charge in [0.1, 0.15) is 13.2 Å². The third-order valence-electron chi connectivity index (χ3n) is 2.64. The first-order valence-corrected chi connectivity index (χ1v) is 6.44. The van der Waals surface area contributed by atoms with Crippen molar-refractivity contribution in [2.24, 2.45) is 5.73 Å². The van der Waals surface area contributed by atoms with Crippen molar-refractivity contribution >= 4 is 11.6 Å². The Labute approximate surface area is 112 Å². The summed E-state index contributed by atoms with van der Waals surface area (Å²) in [4.78, 5) is 0. The molecular formula is C13H18ClNO3. The maximum Gasteiger partial charge on any atom is 0.179 e. The second-order valence-corrected chi connectivity index (χ2v) is 4.84. The van der Waals surface area contributed by atoms with Crippen molar-refractivity contribution in [1.82, 2.24) is 0 Å². The van der Waals surface area contributed by atoms with Crippen molar-refractivity contribution in [2.75, 3.05) is 19.8 Å². The first kappa shape index (κ1) is 13.5. The van der Waals surface area contributed by atoms with Crippen LogP contribution in [0.4, 0.5) is 0 Å². The molecule has 1 aromatic rings. The molecule has 1 aromatic carbocycles. The molecule has 5 heteroatoms. The molecule has 2 N–H and O–H groups in total. The monoisotopic (exact) mass is 271 g/mol. The second-order valence-electron chi connectivity index (χ2n) is 4.44. The van der Waals surface area contributed by atoms with E-state index in [0.717, 1.165) is 5.56 Å². The number of halogens is 1. The minimum Gasteiger partial charge on any atom is -0.486 e. The fourth-order valence-corrected chi connectivity index (χ4v) is 2.19. The van der Waals surface area contributed by atoms with Crippen molar-refractivity contribution in [1.29, 1.82) is 0 Å². The van der Waals surface area contributed by atoms with Gasteiger partial charge >= 0.3 is 0 Å². The van der Waals surface area contributed by atoms with E-state index in [1.807, 2.05) is 26.0 Å². The van der Waals surface area contributed by atoms with Crippen LogP contribution in [0.5, 0.6) is 11.5 Å². The highest BCUT2D eigenvalue weighted by Gasteiger charge is 2.20. The number of hydrogen-bond acceptors (Lipinski definition) is 4. The van der Waals surface area contributed by atoms with Crippen molar-refractivity contribution in [3.8, 4) is 11.5 Å². The number of benzene rings is 1. The van der Waals surface area contributed by atoms with Crippen LogP contribution in [0.2, 0.25) is 5.02 Å². The summed E-state index contributed by atoms with van der Waals surface area (Å²) in [5.41, 5.74) is 6.66. The van der Waals surface area contributed by atoms with E-state index in [1.165, 1.54) is 0 Å². The summed E-state index contributed by atoms with van der Waals surface area (Å²) in [6.07, 6.45) is -0.0798. The first-order chi connectivity index (χ1) is 8.61. The molecule has 2 rings (SSSR count). The van der Waals surface area contributed by atoms with E-state index in [0.29, 0.717) is 36.3 Å². The summed E-state index contributed by atoms with van der Waals surface area (Å²) in [7, 11) is 0. The van der Waals surface area contributed by atoms with Gasteiger partial charge in [0.2, 0.25) is 0 Å². The van der Waals surface area contributed by atoms with Crippen LogP contribution >= 0.6 is 11.6 Å². The summed E-state index contributed by atoms with van der Waals surface area (Å²) in [6.45, 7) is 5.40. The molecule has 0 spiro atoms. The number of ether oxygens (including phenoxy) is 3. The molecule has 0 aliphatic carbocycles. The summed E-state index contributed by atoms with van der Waals surface area (Å²) >= 11 is 6.18.